The van der Waals surface area contributed by atoms with E-state index in [1.54, 1.807) is 48.8 Å². The van der Waals surface area contributed by atoms with Crippen LogP contribution < -0.4 is 4.74 Å². The lowest BCUT2D eigenvalue weighted by molar-refractivity contribution is -0.159. The largest absolute Gasteiger partial charge is 0.493 e. The molecule has 4 rings (SSSR count). The van der Waals surface area contributed by atoms with Crippen molar-refractivity contribution in [3.8, 4) is 17.2 Å². The number of carbonyl (C=O) groups is 1. The number of ether oxygens (including phenoxy) is 1. The molecule has 9 heteroatoms. The number of carboxylic acids is 1. The number of carboxylic acid groups (broad SMARTS) is 1. The maximum atomic E-state index is 13.8. The van der Waals surface area contributed by atoms with E-state index in [-0.39, 0.29) is 25.7 Å². The number of aromatic nitrogens is 2. The molecule has 2 aromatic heterocycles. The molecular formula is C32H35F3N2O4. The molecule has 0 radical (unpaired) electrons. The van der Waals surface area contributed by atoms with Crippen molar-refractivity contribution in [2.24, 2.45) is 5.41 Å². The molecule has 0 fully saturated rings. The molecular weight excluding hydrogens is 533 g/mol. The fourth-order valence-electron chi connectivity index (χ4n) is 5.72. The number of oxazole rings is 1. The standard InChI is InChI=1S/C32H35F3N2O4/c1-24-28(36-29(41-24)26-7-3-2-4-8-26)13-22-40-27-11-9-25(10-12-27)23-32(30(38)39,37-20-5-6-21-37)31(14-17-33,15-18-34)16-19-35/h2-12,20-21H,13-19,22-23H2,1H3,(H,38,39)/t32-/m0/s1. The zero-order chi connectivity index (χ0) is 29.3. The highest BCUT2D eigenvalue weighted by atomic mass is 19.1. The van der Waals surface area contributed by atoms with E-state index in [4.69, 9.17) is 9.15 Å². The van der Waals surface area contributed by atoms with Crippen LogP contribution in [-0.4, -0.2) is 47.3 Å². The van der Waals surface area contributed by atoms with E-state index in [0.29, 0.717) is 30.2 Å². The Labute approximate surface area is 237 Å². The van der Waals surface area contributed by atoms with Crippen molar-refractivity contribution >= 4 is 5.97 Å². The summed E-state index contributed by atoms with van der Waals surface area (Å²) in [5.41, 5.74) is -0.981. The van der Waals surface area contributed by atoms with Gasteiger partial charge < -0.3 is 18.8 Å². The van der Waals surface area contributed by atoms with Crippen LogP contribution in [0.4, 0.5) is 13.2 Å². The smallest absolute Gasteiger partial charge is 0.330 e. The van der Waals surface area contributed by atoms with Gasteiger partial charge in [0.2, 0.25) is 5.89 Å². The quantitative estimate of drug-likeness (QED) is 0.155. The lowest BCUT2D eigenvalue weighted by Crippen LogP contribution is -2.57. The molecule has 0 saturated carbocycles. The maximum absolute atomic E-state index is 13.8. The molecule has 0 aliphatic rings. The van der Waals surface area contributed by atoms with E-state index in [1.165, 1.54) is 4.57 Å². The number of halogens is 3. The summed E-state index contributed by atoms with van der Waals surface area (Å²) in [6.07, 6.45) is 2.73. The highest BCUT2D eigenvalue weighted by Gasteiger charge is 2.57. The third-order valence-electron chi connectivity index (χ3n) is 7.90. The van der Waals surface area contributed by atoms with Crippen molar-refractivity contribution < 1.29 is 32.2 Å². The fraction of sp³-hybridized carbons (Fsp3) is 0.375. The number of nitrogens with zero attached hydrogens (tertiary/aromatic N) is 2. The van der Waals surface area contributed by atoms with Crippen molar-refractivity contribution in [1.82, 2.24) is 9.55 Å². The molecule has 0 amide bonds. The van der Waals surface area contributed by atoms with Crippen LogP contribution in [0.1, 0.15) is 36.3 Å². The lowest BCUT2D eigenvalue weighted by atomic mass is 9.61. The minimum Gasteiger partial charge on any atom is -0.493 e. The number of hydrogen-bond donors (Lipinski definition) is 1. The average molecular weight is 569 g/mol. The van der Waals surface area contributed by atoms with Crippen LogP contribution in [-0.2, 0) is 23.2 Å². The van der Waals surface area contributed by atoms with Crippen molar-refractivity contribution in [3.63, 3.8) is 0 Å². The van der Waals surface area contributed by atoms with Crippen molar-refractivity contribution in [1.29, 1.82) is 0 Å². The van der Waals surface area contributed by atoms with E-state index in [2.05, 4.69) is 4.98 Å². The van der Waals surface area contributed by atoms with Gasteiger partial charge in [0.25, 0.3) is 0 Å². The second kappa shape index (κ2) is 13.6. The van der Waals surface area contributed by atoms with E-state index >= 15 is 0 Å². The average Bonchev–Trinajstić information content (AvgIpc) is 3.64. The third kappa shape index (κ3) is 6.34. The van der Waals surface area contributed by atoms with Crippen molar-refractivity contribution in [2.45, 2.75) is 44.6 Å². The van der Waals surface area contributed by atoms with Gasteiger partial charge in [-0.15, -0.1) is 0 Å². The minimum atomic E-state index is -1.80. The molecule has 2 aromatic carbocycles. The van der Waals surface area contributed by atoms with Crippen LogP contribution in [0.15, 0.2) is 83.5 Å². The van der Waals surface area contributed by atoms with Gasteiger partial charge in [-0.25, -0.2) is 9.78 Å². The summed E-state index contributed by atoms with van der Waals surface area (Å²) >= 11 is 0. The Morgan fingerprint density at radius 1 is 0.927 bits per heavy atom. The molecule has 0 spiro atoms. The van der Waals surface area contributed by atoms with Gasteiger partial charge in [-0.2, -0.15) is 0 Å². The first-order chi connectivity index (χ1) is 19.9. The third-order valence-corrected chi connectivity index (χ3v) is 7.90. The Kier molecular flexibility index (Phi) is 9.91. The Morgan fingerprint density at radius 3 is 2.10 bits per heavy atom. The predicted molar refractivity (Wildman–Crippen MR) is 150 cm³/mol. The van der Waals surface area contributed by atoms with Crippen molar-refractivity contribution in [2.75, 3.05) is 26.6 Å². The van der Waals surface area contributed by atoms with Crippen LogP contribution in [0.3, 0.4) is 0 Å². The van der Waals surface area contributed by atoms with Gasteiger partial charge in [-0.3, -0.25) is 13.2 Å². The Hall–Kier alpha value is -4.01. The monoisotopic (exact) mass is 568 g/mol. The molecule has 0 unspecified atom stereocenters. The summed E-state index contributed by atoms with van der Waals surface area (Å²) in [5.74, 6) is 0.581. The number of rotatable bonds is 16. The van der Waals surface area contributed by atoms with Gasteiger partial charge in [-0.1, -0.05) is 30.3 Å². The number of hydrogen-bond acceptors (Lipinski definition) is 4. The molecule has 0 bridgehead atoms. The minimum absolute atomic E-state index is 0.0856. The second-order valence-electron chi connectivity index (χ2n) is 10.2. The van der Waals surface area contributed by atoms with Gasteiger partial charge in [-0.05, 0) is 68.1 Å². The van der Waals surface area contributed by atoms with E-state index in [1.807, 2.05) is 37.3 Å². The highest BCUT2D eigenvalue weighted by Crippen LogP contribution is 2.49. The Morgan fingerprint density at radius 2 is 1.54 bits per heavy atom. The summed E-state index contributed by atoms with van der Waals surface area (Å²) in [7, 11) is 0. The molecule has 4 aromatic rings. The molecule has 1 atom stereocenters. The SMILES string of the molecule is Cc1oc(-c2ccccc2)nc1CCOc1ccc(C[C@@](C(=O)O)(n2cccc2)C(CCF)(CCF)CCF)cc1. The number of aryl methyl sites for hydroxylation is 1. The lowest BCUT2D eigenvalue weighted by Gasteiger charge is -2.48. The molecule has 1 N–H and O–H groups in total. The van der Waals surface area contributed by atoms with Crippen LogP contribution in [0.25, 0.3) is 11.5 Å². The molecule has 0 saturated heterocycles. The highest BCUT2D eigenvalue weighted by molar-refractivity contribution is 5.79. The van der Waals surface area contributed by atoms with Crippen LogP contribution in [0.2, 0.25) is 0 Å². The molecule has 218 valence electrons. The topological polar surface area (TPSA) is 77.5 Å². The summed E-state index contributed by atoms with van der Waals surface area (Å²) < 4.78 is 54.7. The van der Waals surface area contributed by atoms with Crippen LogP contribution in [0.5, 0.6) is 5.75 Å². The van der Waals surface area contributed by atoms with Crippen LogP contribution in [0, 0.1) is 12.3 Å². The van der Waals surface area contributed by atoms with E-state index in [9.17, 15) is 23.1 Å². The zero-order valence-electron chi connectivity index (χ0n) is 23.1. The van der Waals surface area contributed by atoms with Gasteiger partial charge >= 0.3 is 5.97 Å². The zero-order valence-corrected chi connectivity index (χ0v) is 23.1. The molecule has 0 aliphatic heterocycles. The van der Waals surface area contributed by atoms with Gasteiger partial charge in [0.05, 0.1) is 32.3 Å². The van der Waals surface area contributed by atoms with Crippen LogP contribution >= 0.6 is 0 Å². The summed E-state index contributed by atoms with van der Waals surface area (Å²) in [6, 6.07) is 19.8. The second-order valence-corrected chi connectivity index (χ2v) is 10.2. The predicted octanol–water partition coefficient (Wildman–Crippen LogP) is 7.16. The Balaban J connectivity index is 1.52. The Bertz CT molecular complexity index is 1360. The first-order valence-electron chi connectivity index (χ1n) is 13.7. The summed E-state index contributed by atoms with van der Waals surface area (Å²) in [6.45, 7) is -0.462. The van der Waals surface area contributed by atoms with Crippen molar-refractivity contribution in [3.05, 3.63) is 96.1 Å². The molecule has 2 heterocycles. The first-order valence-corrected chi connectivity index (χ1v) is 13.7. The number of aliphatic carboxylic acids is 1. The number of benzene rings is 2. The summed E-state index contributed by atoms with van der Waals surface area (Å²) in [4.78, 5) is 17.6. The maximum Gasteiger partial charge on any atom is 0.330 e. The fourth-order valence-corrected chi connectivity index (χ4v) is 5.72. The molecule has 0 aliphatic carbocycles. The van der Waals surface area contributed by atoms with Gasteiger partial charge in [0.15, 0.2) is 5.54 Å². The van der Waals surface area contributed by atoms with E-state index < -0.39 is 36.9 Å². The number of alkyl halides is 3. The summed E-state index contributed by atoms with van der Waals surface area (Å²) in [5, 5.41) is 10.6. The van der Waals surface area contributed by atoms with Gasteiger partial charge in [0.1, 0.15) is 11.5 Å². The first kappa shape index (κ1) is 30.0. The molecule has 6 nitrogen and oxygen atoms in total. The molecule has 41 heavy (non-hydrogen) atoms. The van der Waals surface area contributed by atoms with Gasteiger partial charge in [0, 0.05) is 36.2 Å². The normalized spacial score (nSPS) is 13.2. The van der Waals surface area contributed by atoms with E-state index in [0.717, 1.165) is 17.0 Å².